The van der Waals surface area contributed by atoms with Gasteiger partial charge in [-0.2, -0.15) is 0 Å². The molecular formula is C19H14FN5O3. The number of aromatic nitrogens is 4. The Morgan fingerprint density at radius 1 is 1.11 bits per heavy atom. The standard InChI is InChI=1S/C19H14FN5O3/c1-28-13-8-6-12(7-9-13)25-18-15(23-19(25)27)14(16(21)26)22-17(24-18)10-2-4-11(20)5-3-10/h2-9H,1H3,(H2,21,26)(H,23,27). The lowest BCUT2D eigenvalue weighted by Crippen LogP contribution is -2.15. The quantitative estimate of drug-likeness (QED) is 0.563. The second-order valence-corrected chi connectivity index (χ2v) is 5.93. The number of imidazole rings is 1. The third kappa shape index (κ3) is 2.88. The number of hydrogen-bond donors (Lipinski definition) is 2. The normalized spacial score (nSPS) is 10.9. The van der Waals surface area contributed by atoms with E-state index in [9.17, 15) is 14.0 Å². The van der Waals surface area contributed by atoms with Crippen LogP contribution < -0.4 is 16.2 Å². The number of nitrogens with one attached hydrogen (secondary N) is 1. The van der Waals surface area contributed by atoms with Gasteiger partial charge in [-0.1, -0.05) is 0 Å². The molecule has 0 unspecified atom stereocenters. The van der Waals surface area contributed by atoms with E-state index in [1.165, 1.54) is 35.9 Å². The molecule has 4 rings (SSSR count). The van der Waals surface area contributed by atoms with E-state index in [1.54, 1.807) is 24.3 Å². The summed E-state index contributed by atoms with van der Waals surface area (Å²) in [7, 11) is 1.54. The van der Waals surface area contributed by atoms with Gasteiger partial charge in [0.1, 0.15) is 17.1 Å². The molecule has 0 aliphatic heterocycles. The number of rotatable bonds is 4. The Balaban J connectivity index is 2.00. The number of aromatic amines is 1. The van der Waals surface area contributed by atoms with Crippen LogP contribution in [0, 0.1) is 5.82 Å². The Morgan fingerprint density at radius 2 is 1.79 bits per heavy atom. The predicted octanol–water partition coefficient (Wildman–Crippen LogP) is 2.02. The third-order valence-corrected chi connectivity index (χ3v) is 4.20. The van der Waals surface area contributed by atoms with Gasteiger partial charge in [0.15, 0.2) is 17.2 Å². The number of carbonyl (C=O) groups is 1. The smallest absolute Gasteiger partial charge is 0.332 e. The number of nitrogens with zero attached hydrogens (tertiary/aromatic N) is 3. The first-order valence-electron chi connectivity index (χ1n) is 8.21. The maximum absolute atomic E-state index is 13.2. The molecule has 0 radical (unpaired) electrons. The lowest BCUT2D eigenvalue weighted by Gasteiger charge is -2.07. The van der Waals surface area contributed by atoms with E-state index in [4.69, 9.17) is 10.5 Å². The topological polar surface area (TPSA) is 116 Å². The van der Waals surface area contributed by atoms with Crippen LogP contribution in [0.5, 0.6) is 5.75 Å². The number of hydrogen-bond acceptors (Lipinski definition) is 5. The molecule has 0 bridgehead atoms. The van der Waals surface area contributed by atoms with Crippen LogP contribution in [0.2, 0.25) is 0 Å². The first kappa shape index (κ1) is 17.4. The van der Waals surface area contributed by atoms with Gasteiger partial charge in [-0.15, -0.1) is 0 Å². The molecule has 2 aromatic heterocycles. The number of amides is 1. The Bertz CT molecular complexity index is 1240. The predicted molar refractivity (Wildman–Crippen MR) is 99.9 cm³/mol. The molecule has 140 valence electrons. The highest BCUT2D eigenvalue weighted by molar-refractivity contribution is 6.02. The lowest BCUT2D eigenvalue weighted by molar-refractivity contribution is 0.0997. The van der Waals surface area contributed by atoms with E-state index in [-0.39, 0.29) is 22.7 Å². The van der Waals surface area contributed by atoms with Gasteiger partial charge in [0.05, 0.1) is 12.8 Å². The Hall–Kier alpha value is -4.01. The molecule has 2 aromatic carbocycles. The van der Waals surface area contributed by atoms with E-state index in [0.717, 1.165) is 0 Å². The number of methoxy groups -OCH3 is 1. The van der Waals surface area contributed by atoms with Crippen LogP contribution in [0.3, 0.4) is 0 Å². The van der Waals surface area contributed by atoms with Crippen molar-refractivity contribution in [2.75, 3.05) is 7.11 Å². The number of fused-ring (bicyclic) bond motifs is 1. The van der Waals surface area contributed by atoms with Crippen molar-refractivity contribution in [1.82, 2.24) is 19.5 Å². The van der Waals surface area contributed by atoms with E-state index < -0.39 is 17.4 Å². The van der Waals surface area contributed by atoms with Crippen LogP contribution in [0.4, 0.5) is 4.39 Å². The van der Waals surface area contributed by atoms with Gasteiger partial charge in [0, 0.05) is 5.56 Å². The third-order valence-electron chi connectivity index (χ3n) is 4.20. The number of carbonyl (C=O) groups excluding carboxylic acids is 1. The van der Waals surface area contributed by atoms with Crippen molar-refractivity contribution in [3.8, 4) is 22.8 Å². The molecule has 0 spiro atoms. The number of halogens is 1. The number of benzene rings is 2. The van der Waals surface area contributed by atoms with Crippen LogP contribution in [-0.2, 0) is 0 Å². The number of nitrogens with two attached hydrogens (primary N) is 1. The molecule has 2 heterocycles. The number of H-pyrrole nitrogens is 1. The van der Waals surface area contributed by atoms with Gasteiger partial charge < -0.3 is 15.5 Å². The summed E-state index contributed by atoms with van der Waals surface area (Å²) in [6, 6.07) is 12.2. The average Bonchev–Trinajstić information content (AvgIpc) is 3.03. The Kier molecular flexibility index (Phi) is 4.11. The van der Waals surface area contributed by atoms with Crippen LogP contribution in [0.15, 0.2) is 53.3 Å². The second-order valence-electron chi connectivity index (χ2n) is 5.93. The van der Waals surface area contributed by atoms with Crippen LogP contribution in [-0.4, -0.2) is 32.5 Å². The van der Waals surface area contributed by atoms with Crippen molar-refractivity contribution in [1.29, 1.82) is 0 Å². The highest BCUT2D eigenvalue weighted by atomic mass is 19.1. The summed E-state index contributed by atoms with van der Waals surface area (Å²) in [5.41, 5.74) is 6.10. The van der Waals surface area contributed by atoms with Gasteiger partial charge in [-0.05, 0) is 48.5 Å². The zero-order valence-corrected chi connectivity index (χ0v) is 14.6. The molecule has 0 saturated heterocycles. The maximum atomic E-state index is 13.2. The van der Waals surface area contributed by atoms with Gasteiger partial charge in [-0.25, -0.2) is 23.7 Å². The molecule has 0 aliphatic carbocycles. The van der Waals surface area contributed by atoms with Gasteiger partial charge >= 0.3 is 5.69 Å². The van der Waals surface area contributed by atoms with Crippen molar-refractivity contribution < 1.29 is 13.9 Å². The summed E-state index contributed by atoms with van der Waals surface area (Å²) >= 11 is 0. The van der Waals surface area contributed by atoms with Gasteiger partial charge in [0.25, 0.3) is 5.91 Å². The van der Waals surface area contributed by atoms with Crippen molar-refractivity contribution >= 4 is 17.1 Å². The lowest BCUT2D eigenvalue weighted by atomic mass is 10.2. The van der Waals surface area contributed by atoms with Crippen molar-refractivity contribution in [3.05, 3.63) is 70.5 Å². The monoisotopic (exact) mass is 379 g/mol. The molecular weight excluding hydrogens is 365 g/mol. The SMILES string of the molecule is COc1ccc(-n2c(=O)[nH]c3c(C(N)=O)nc(-c4ccc(F)cc4)nc32)cc1. The fourth-order valence-corrected chi connectivity index (χ4v) is 2.86. The molecule has 1 amide bonds. The van der Waals surface area contributed by atoms with Crippen LogP contribution in [0.25, 0.3) is 28.2 Å². The minimum Gasteiger partial charge on any atom is -0.497 e. The molecule has 8 nitrogen and oxygen atoms in total. The van der Waals surface area contributed by atoms with E-state index >= 15 is 0 Å². The van der Waals surface area contributed by atoms with Crippen molar-refractivity contribution in [2.24, 2.45) is 5.73 Å². The van der Waals surface area contributed by atoms with Crippen LogP contribution >= 0.6 is 0 Å². The summed E-state index contributed by atoms with van der Waals surface area (Å²) in [5.74, 6) is -0.478. The molecule has 0 atom stereocenters. The number of ether oxygens (including phenoxy) is 1. The van der Waals surface area contributed by atoms with Crippen molar-refractivity contribution in [3.63, 3.8) is 0 Å². The molecule has 0 aliphatic rings. The zero-order chi connectivity index (χ0) is 19.8. The molecule has 0 fully saturated rings. The minimum atomic E-state index is -0.820. The van der Waals surface area contributed by atoms with Crippen molar-refractivity contribution in [2.45, 2.75) is 0 Å². The Labute approximate surface area is 157 Å². The Morgan fingerprint density at radius 3 is 2.39 bits per heavy atom. The molecule has 28 heavy (non-hydrogen) atoms. The summed E-state index contributed by atoms with van der Waals surface area (Å²) in [5, 5.41) is 0. The average molecular weight is 379 g/mol. The largest absolute Gasteiger partial charge is 0.497 e. The fourth-order valence-electron chi connectivity index (χ4n) is 2.86. The summed E-state index contributed by atoms with van der Waals surface area (Å²) in [4.78, 5) is 35.6. The molecule has 9 heteroatoms. The van der Waals surface area contributed by atoms with Gasteiger partial charge in [0.2, 0.25) is 0 Å². The molecule has 0 saturated carbocycles. The van der Waals surface area contributed by atoms with E-state index in [1.807, 2.05) is 0 Å². The van der Waals surface area contributed by atoms with E-state index in [0.29, 0.717) is 17.0 Å². The summed E-state index contributed by atoms with van der Waals surface area (Å²) < 4.78 is 19.7. The summed E-state index contributed by atoms with van der Waals surface area (Å²) in [6.45, 7) is 0. The maximum Gasteiger partial charge on any atom is 0.332 e. The first-order valence-corrected chi connectivity index (χ1v) is 8.21. The van der Waals surface area contributed by atoms with E-state index in [2.05, 4.69) is 15.0 Å². The fraction of sp³-hybridized carbons (Fsp3) is 0.0526. The highest BCUT2D eigenvalue weighted by Crippen LogP contribution is 2.23. The molecule has 4 aromatic rings. The minimum absolute atomic E-state index is 0.124. The summed E-state index contributed by atoms with van der Waals surface area (Å²) in [6.07, 6.45) is 0. The first-order chi connectivity index (χ1) is 13.5. The van der Waals surface area contributed by atoms with Gasteiger partial charge in [-0.3, -0.25) is 4.79 Å². The second kappa shape index (κ2) is 6.62. The highest BCUT2D eigenvalue weighted by Gasteiger charge is 2.20. The van der Waals surface area contributed by atoms with Crippen LogP contribution in [0.1, 0.15) is 10.5 Å². The zero-order valence-electron chi connectivity index (χ0n) is 14.6. The molecule has 3 N–H and O–H groups in total. The number of primary amides is 1.